The van der Waals surface area contributed by atoms with Gasteiger partial charge in [-0.2, -0.15) is 0 Å². The van der Waals surface area contributed by atoms with Crippen molar-refractivity contribution < 1.29 is 0 Å². The molecule has 0 saturated heterocycles. The second-order valence-electron chi connectivity index (χ2n) is 5.58. The first-order chi connectivity index (χ1) is 10.3. The van der Waals surface area contributed by atoms with E-state index in [1.54, 1.807) is 0 Å². The highest BCUT2D eigenvalue weighted by molar-refractivity contribution is 5.72. The molecule has 0 bridgehead atoms. The van der Waals surface area contributed by atoms with Crippen LogP contribution in [0, 0.1) is 13.8 Å². The molecule has 0 aliphatic heterocycles. The molecule has 0 amide bonds. The summed E-state index contributed by atoms with van der Waals surface area (Å²) in [7, 11) is 0. The topological polar surface area (TPSA) is 0 Å². The van der Waals surface area contributed by atoms with Gasteiger partial charge in [0.2, 0.25) is 0 Å². The van der Waals surface area contributed by atoms with E-state index in [9.17, 15) is 0 Å². The minimum absolute atomic E-state index is 0.983. The van der Waals surface area contributed by atoms with Crippen LogP contribution in [0.1, 0.15) is 22.3 Å². The molecule has 0 aliphatic rings. The third kappa shape index (κ3) is 2.90. The van der Waals surface area contributed by atoms with Gasteiger partial charge in [0.1, 0.15) is 0 Å². The number of rotatable bonds is 3. The molecule has 0 saturated carbocycles. The average Bonchev–Trinajstić information content (AvgIpc) is 2.51. The fourth-order valence-corrected chi connectivity index (χ4v) is 2.86. The van der Waals surface area contributed by atoms with Crippen molar-refractivity contribution in [2.45, 2.75) is 20.3 Å². The second-order valence-corrected chi connectivity index (χ2v) is 5.58. The first kappa shape index (κ1) is 13.6. The zero-order valence-corrected chi connectivity index (χ0v) is 12.6. The number of hydrogen-bond donors (Lipinski definition) is 0. The van der Waals surface area contributed by atoms with E-state index in [-0.39, 0.29) is 0 Å². The van der Waals surface area contributed by atoms with Gasteiger partial charge in [0, 0.05) is 0 Å². The Hall–Kier alpha value is -2.34. The fourth-order valence-electron chi connectivity index (χ4n) is 2.86. The summed E-state index contributed by atoms with van der Waals surface area (Å²) < 4.78 is 0. The van der Waals surface area contributed by atoms with Gasteiger partial charge >= 0.3 is 0 Å². The van der Waals surface area contributed by atoms with E-state index >= 15 is 0 Å². The highest BCUT2D eigenvalue weighted by Crippen LogP contribution is 2.30. The van der Waals surface area contributed by atoms with Crippen LogP contribution in [0.2, 0.25) is 0 Å². The van der Waals surface area contributed by atoms with Crippen molar-refractivity contribution in [3.8, 4) is 11.1 Å². The Bertz CT molecular complexity index is 739. The molecular weight excluding hydrogens is 252 g/mol. The van der Waals surface area contributed by atoms with Crippen LogP contribution in [0.3, 0.4) is 0 Å². The highest BCUT2D eigenvalue weighted by atomic mass is 14.1. The SMILES string of the molecule is Cc1ccccc1-c1cccc(C)c1Cc1ccccc1. The van der Waals surface area contributed by atoms with Crippen molar-refractivity contribution in [1.29, 1.82) is 0 Å². The Balaban J connectivity index is 2.10. The summed E-state index contributed by atoms with van der Waals surface area (Å²) in [5, 5.41) is 0. The van der Waals surface area contributed by atoms with E-state index in [4.69, 9.17) is 0 Å². The maximum Gasteiger partial charge on any atom is -0.00170 e. The minimum Gasteiger partial charge on any atom is -0.0622 e. The van der Waals surface area contributed by atoms with Gasteiger partial charge in [0.05, 0.1) is 0 Å². The van der Waals surface area contributed by atoms with Gasteiger partial charge in [-0.25, -0.2) is 0 Å². The van der Waals surface area contributed by atoms with E-state index in [0.717, 1.165) is 6.42 Å². The molecule has 0 atom stereocenters. The Kier molecular flexibility index (Phi) is 3.87. The predicted octanol–water partition coefficient (Wildman–Crippen LogP) is 5.56. The minimum atomic E-state index is 0.983. The van der Waals surface area contributed by atoms with Crippen molar-refractivity contribution in [2.75, 3.05) is 0 Å². The molecule has 0 N–H and O–H groups in total. The molecule has 3 aromatic carbocycles. The molecule has 0 aromatic heterocycles. The lowest BCUT2D eigenvalue weighted by Gasteiger charge is -2.15. The van der Waals surface area contributed by atoms with Gasteiger partial charge in [-0.15, -0.1) is 0 Å². The number of benzene rings is 3. The summed E-state index contributed by atoms with van der Waals surface area (Å²) in [6.07, 6.45) is 0.983. The highest BCUT2D eigenvalue weighted by Gasteiger charge is 2.10. The van der Waals surface area contributed by atoms with Gasteiger partial charge in [0.25, 0.3) is 0 Å². The van der Waals surface area contributed by atoms with Crippen LogP contribution < -0.4 is 0 Å². The molecule has 0 nitrogen and oxygen atoms in total. The summed E-state index contributed by atoms with van der Waals surface area (Å²) in [4.78, 5) is 0. The fraction of sp³-hybridized carbons (Fsp3) is 0.143. The molecular formula is C21H20. The molecule has 0 fully saturated rings. The van der Waals surface area contributed by atoms with Crippen molar-refractivity contribution in [1.82, 2.24) is 0 Å². The lowest BCUT2D eigenvalue weighted by Crippen LogP contribution is -1.96. The largest absolute Gasteiger partial charge is 0.0622 e. The molecule has 0 heterocycles. The summed E-state index contributed by atoms with van der Waals surface area (Å²) in [5.41, 5.74) is 8.18. The van der Waals surface area contributed by atoms with E-state index in [1.807, 2.05) is 0 Å². The van der Waals surface area contributed by atoms with Crippen LogP contribution in [0.25, 0.3) is 11.1 Å². The zero-order chi connectivity index (χ0) is 14.7. The summed E-state index contributed by atoms with van der Waals surface area (Å²) >= 11 is 0. The van der Waals surface area contributed by atoms with Crippen LogP contribution in [0.4, 0.5) is 0 Å². The Morgan fingerprint density at radius 1 is 0.571 bits per heavy atom. The Morgan fingerprint density at radius 3 is 1.95 bits per heavy atom. The van der Waals surface area contributed by atoms with Crippen LogP contribution in [0.5, 0.6) is 0 Å². The molecule has 104 valence electrons. The van der Waals surface area contributed by atoms with Crippen molar-refractivity contribution in [2.24, 2.45) is 0 Å². The standard InChI is InChI=1S/C21H20/c1-16-9-6-7-13-19(16)20-14-8-10-17(2)21(20)15-18-11-4-3-5-12-18/h3-14H,15H2,1-2H3. The third-order valence-electron chi connectivity index (χ3n) is 4.07. The molecule has 0 heteroatoms. The summed E-state index contributed by atoms with van der Waals surface area (Å²) in [6, 6.07) is 25.9. The van der Waals surface area contributed by atoms with Gasteiger partial charge in [-0.05, 0) is 53.6 Å². The van der Waals surface area contributed by atoms with Crippen LogP contribution in [-0.2, 0) is 6.42 Å². The normalized spacial score (nSPS) is 10.6. The molecule has 0 unspecified atom stereocenters. The van der Waals surface area contributed by atoms with E-state index in [0.29, 0.717) is 0 Å². The monoisotopic (exact) mass is 272 g/mol. The van der Waals surface area contributed by atoms with Crippen LogP contribution in [-0.4, -0.2) is 0 Å². The first-order valence-electron chi connectivity index (χ1n) is 7.44. The van der Waals surface area contributed by atoms with E-state index in [2.05, 4.69) is 86.6 Å². The Labute approximate surface area is 127 Å². The van der Waals surface area contributed by atoms with Crippen molar-refractivity contribution in [3.05, 3.63) is 95.1 Å². The maximum absolute atomic E-state index is 2.24. The van der Waals surface area contributed by atoms with E-state index in [1.165, 1.54) is 33.4 Å². The van der Waals surface area contributed by atoms with Crippen LogP contribution >= 0.6 is 0 Å². The predicted molar refractivity (Wildman–Crippen MR) is 90.6 cm³/mol. The van der Waals surface area contributed by atoms with Gasteiger partial charge < -0.3 is 0 Å². The lowest BCUT2D eigenvalue weighted by atomic mass is 9.90. The average molecular weight is 272 g/mol. The molecule has 21 heavy (non-hydrogen) atoms. The van der Waals surface area contributed by atoms with Gasteiger partial charge in [-0.3, -0.25) is 0 Å². The van der Waals surface area contributed by atoms with Crippen molar-refractivity contribution in [3.63, 3.8) is 0 Å². The third-order valence-corrected chi connectivity index (χ3v) is 4.07. The molecule has 0 radical (unpaired) electrons. The molecule has 3 rings (SSSR count). The van der Waals surface area contributed by atoms with Crippen LogP contribution in [0.15, 0.2) is 72.8 Å². The molecule has 0 spiro atoms. The second kappa shape index (κ2) is 5.97. The molecule has 0 aliphatic carbocycles. The summed E-state index contributed by atoms with van der Waals surface area (Å²) in [5.74, 6) is 0. The maximum atomic E-state index is 2.24. The van der Waals surface area contributed by atoms with Gasteiger partial charge in [0.15, 0.2) is 0 Å². The quantitative estimate of drug-likeness (QED) is 0.585. The number of hydrogen-bond acceptors (Lipinski definition) is 0. The lowest BCUT2D eigenvalue weighted by molar-refractivity contribution is 1.16. The summed E-state index contributed by atoms with van der Waals surface area (Å²) in [6.45, 7) is 4.39. The molecule has 3 aromatic rings. The number of aryl methyl sites for hydroxylation is 2. The van der Waals surface area contributed by atoms with Gasteiger partial charge in [-0.1, -0.05) is 72.8 Å². The van der Waals surface area contributed by atoms with Crippen molar-refractivity contribution >= 4 is 0 Å². The first-order valence-corrected chi connectivity index (χ1v) is 7.44. The van der Waals surface area contributed by atoms with E-state index < -0.39 is 0 Å². The smallest absolute Gasteiger partial charge is 0.00170 e. The Morgan fingerprint density at radius 2 is 1.19 bits per heavy atom. The zero-order valence-electron chi connectivity index (χ0n) is 12.6.